The van der Waals surface area contributed by atoms with Crippen LogP contribution in [0.1, 0.15) is 15.9 Å². The molecule has 1 aliphatic rings. The third-order valence-electron chi connectivity index (χ3n) is 2.17. The lowest BCUT2D eigenvalue weighted by Gasteiger charge is -1.99. The highest BCUT2D eigenvalue weighted by Gasteiger charge is 2.30. The first-order valence-electron chi connectivity index (χ1n) is 4.41. The Morgan fingerprint density at radius 3 is 2.50 bits per heavy atom. The molecule has 5 heteroatoms. The van der Waals surface area contributed by atoms with Crippen LogP contribution < -0.4 is 5.73 Å². The van der Waals surface area contributed by atoms with Crippen molar-refractivity contribution in [2.24, 2.45) is 5.73 Å². The van der Waals surface area contributed by atoms with Crippen molar-refractivity contribution in [2.45, 2.75) is 0 Å². The molecule has 1 amide bonds. The van der Waals surface area contributed by atoms with Crippen LogP contribution in [0.15, 0.2) is 29.8 Å². The van der Waals surface area contributed by atoms with Crippen LogP contribution in [0.2, 0.25) is 0 Å². The fraction of sp³-hybridized carbons (Fsp3) is 0. The number of benzene rings is 1. The molecule has 0 unspecified atom stereocenters. The molecule has 5 nitrogen and oxygen atoms in total. The zero-order valence-electron chi connectivity index (χ0n) is 8.06. The van der Waals surface area contributed by atoms with Crippen molar-refractivity contribution < 1.29 is 14.3 Å². The van der Waals surface area contributed by atoms with Gasteiger partial charge < -0.3 is 10.5 Å². The maximum Gasteiger partial charge on any atom is 0.344 e. The van der Waals surface area contributed by atoms with Gasteiger partial charge in [-0.15, -0.1) is 0 Å². The fourth-order valence-electron chi connectivity index (χ4n) is 1.47. The maximum atomic E-state index is 11.4. The first-order valence-corrected chi connectivity index (χ1v) is 4.41. The molecule has 0 radical (unpaired) electrons. The Morgan fingerprint density at radius 1 is 1.31 bits per heavy atom. The number of fused-ring (bicyclic) bond motifs is 1. The van der Waals surface area contributed by atoms with E-state index in [2.05, 4.69) is 0 Å². The van der Waals surface area contributed by atoms with Gasteiger partial charge in [-0.2, -0.15) is 5.26 Å². The van der Waals surface area contributed by atoms with Crippen LogP contribution in [0.4, 0.5) is 0 Å². The molecule has 0 atom stereocenters. The molecule has 0 bridgehead atoms. The van der Waals surface area contributed by atoms with Crippen LogP contribution >= 0.6 is 0 Å². The molecule has 0 fully saturated rings. The fourth-order valence-corrected chi connectivity index (χ4v) is 1.47. The van der Waals surface area contributed by atoms with Gasteiger partial charge in [0.2, 0.25) is 0 Å². The number of carbonyl (C=O) groups excluding carboxylic acids is 2. The second-order valence-corrected chi connectivity index (χ2v) is 3.12. The number of cyclic esters (lactones) is 1. The van der Waals surface area contributed by atoms with Gasteiger partial charge in [-0.25, -0.2) is 4.79 Å². The molecule has 1 aromatic rings. The average molecular weight is 214 g/mol. The lowest BCUT2D eigenvalue weighted by Crippen LogP contribution is -2.14. The Balaban J connectivity index is 2.70. The zero-order chi connectivity index (χ0) is 11.7. The summed E-state index contributed by atoms with van der Waals surface area (Å²) in [6.07, 6.45) is 0. The van der Waals surface area contributed by atoms with Crippen LogP contribution in [0.5, 0.6) is 0 Å². The molecule has 0 saturated heterocycles. The quantitative estimate of drug-likeness (QED) is 0.420. The normalized spacial score (nSPS) is 16.1. The zero-order valence-corrected chi connectivity index (χ0v) is 8.06. The van der Waals surface area contributed by atoms with Crippen LogP contribution in [-0.2, 0) is 9.53 Å². The van der Waals surface area contributed by atoms with Gasteiger partial charge in [0, 0.05) is 5.56 Å². The van der Waals surface area contributed by atoms with Crippen LogP contribution in [0.3, 0.4) is 0 Å². The predicted molar refractivity (Wildman–Crippen MR) is 53.6 cm³/mol. The molecule has 0 aliphatic carbocycles. The predicted octanol–water partition coefficient (Wildman–Crippen LogP) is 0.577. The Morgan fingerprint density at radius 2 is 1.94 bits per heavy atom. The van der Waals surface area contributed by atoms with E-state index < -0.39 is 11.9 Å². The molecule has 1 aromatic carbocycles. The number of nitrogens with two attached hydrogens (primary N) is 1. The first-order chi connectivity index (χ1) is 7.65. The van der Waals surface area contributed by atoms with Gasteiger partial charge in [-0.3, -0.25) is 4.79 Å². The molecular weight excluding hydrogens is 208 g/mol. The standard InChI is InChI=1S/C11H6N2O3/c12-5-8(10(13)14)9-6-3-1-2-4-7(6)11(15)16-9/h1-4H,(H2,13,14)/b9-8-. The summed E-state index contributed by atoms with van der Waals surface area (Å²) >= 11 is 0. The monoisotopic (exact) mass is 214 g/mol. The summed E-state index contributed by atoms with van der Waals surface area (Å²) in [6.45, 7) is 0. The Labute approximate surface area is 90.7 Å². The van der Waals surface area contributed by atoms with Crippen molar-refractivity contribution in [3.05, 3.63) is 41.0 Å². The van der Waals surface area contributed by atoms with Gasteiger partial charge in [0.15, 0.2) is 11.3 Å². The Bertz CT molecular complexity index is 567. The number of nitrogens with zero attached hydrogens (tertiary/aromatic N) is 1. The summed E-state index contributed by atoms with van der Waals surface area (Å²) in [7, 11) is 0. The van der Waals surface area contributed by atoms with E-state index in [4.69, 9.17) is 15.7 Å². The SMILES string of the molecule is N#C/C(C(N)=O)=C1/OC(=O)c2ccccc21. The van der Waals surface area contributed by atoms with E-state index in [1.165, 1.54) is 0 Å². The smallest absolute Gasteiger partial charge is 0.344 e. The lowest BCUT2D eigenvalue weighted by molar-refractivity contribution is -0.114. The van der Waals surface area contributed by atoms with Crippen molar-refractivity contribution in [1.29, 1.82) is 5.26 Å². The minimum atomic E-state index is -0.915. The molecule has 1 aliphatic heterocycles. The lowest BCUT2D eigenvalue weighted by atomic mass is 10.1. The van der Waals surface area contributed by atoms with Gasteiger partial charge >= 0.3 is 5.97 Å². The van der Waals surface area contributed by atoms with E-state index in [0.29, 0.717) is 11.1 Å². The third kappa shape index (κ3) is 1.33. The largest absolute Gasteiger partial charge is 0.421 e. The summed E-state index contributed by atoms with van der Waals surface area (Å²) in [5, 5.41) is 8.77. The Hall–Kier alpha value is -2.61. The van der Waals surface area contributed by atoms with Gasteiger partial charge in [0.05, 0.1) is 5.56 Å². The topological polar surface area (TPSA) is 93.2 Å². The number of nitriles is 1. The highest BCUT2D eigenvalue weighted by molar-refractivity contribution is 6.10. The molecule has 2 rings (SSSR count). The molecular formula is C11H6N2O3. The van der Waals surface area contributed by atoms with Crippen LogP contribution in [0.25, 0.3) is 5.76 Å². The first kappa shape index (κ1) is 9.93. The highest BCUT2D eigenvalue weighted by Crippen LogP contribution is 2.31. The second-order valence-electron chi connectivity index (χ2n) is 3.12. The second kappa shape index (κ2) is 3.51. The van der Waals surface area contributed by atoms with Crippen molar-refractivity contribution in [3.63, 3.8) is 0 Å². The number of hydrogen-bond acceptors (Lipinski definition) is 4. The minimum Gasteiger partial charge on any atom is -0.421 e. The van der Waals surface area contributed by atoms with Gasteiger partial charge in [-0.05, 0) is 6.07 Å². The number of ether oxygens (including phenoxy) is 1. The maximum absolute atomic E-state index is 11.4. The van der Waals surface area contributed by atoms with E-state index in [1.807, 2.05) is 0 Å². The van der Waals surface area contributed by atoms with E-state index in [9.17, 15) is 9.59 Å². The third-order valence-corrected chi connectivity index (χ3v) is 2.17. The van der Waals surface area contributed by atoms with Crippen molar-refractivity contribution in [2.75, 3.05) is 0 Å². The van der Waals surface area contributed by atoms with E-state index in [1.54, 1.807) is 30.3 Å². The molecule has 78 valence electrons. The number of primary amides is 1. The molecule has 0 saturated carbocycles. The van der Waals surface area contributed by atoms with E-state index >= 15 is 0 Å². The molecule has 0 spiro atoms. The Kier molecular flexibility index (Phi) is 2.18. The summed E-state index contributed by atoms with van der Waals surface area (Å²) in [5.41, 5.74) is 5.41. The van der Waals surface area contributed by atoms with Gasteiger partial charge in [0.1, 0.15) is 6.07 Å². The van der Waals surface area contributed by atoms with Crippen molar-refractivity contribution in [3.8, 4) is 6.07 Å². The van der Waals surface area contributed by atoms with Crippen LogP contribution in [-0.4, -0.2) is 11.9 Å². The number of amides is 1. The molecule has 16 heavy (non-hydrogen) atoms. The number of hydrogen-bond donors (Lipinski definition) is 1. The van der Waals surface area contributed by atoms with Crippen molar-refractivity contribution in [1.82, 2.24) is 0 Å². The van der Waals surface area contributed by atoms with Gasteiger partial charge in [-0.1, -0.05) is 18.2 Å². The summed E-state index contributed by atoms with van der Waals surface area (Å²) in [4.78, 5) is 22.4. The van der Waals surface area contributed by atoms with Crippen LogP contribution in [0, 0.1) is 11.3 Å². The number of carbonyl (C=O) groups is 2. The van der Waals surface area contributed by atoms with E-state index in [0.717, 1.165) is 0 Å². The summed E-state index contributed by atoms with van der Waals surface area (Å²) < 4.78 is 4.86. The highest BCUT2D eigenvalue weighted by atomic mass is 16.5. The summed E-state index contributed by atoms with van der Waals surface area (Å²) in [6, 6.07) is 8.13. The van der Waals surface area contributed by atoms with Gasteiger partial charge in [0.25, 0.3) is 5.91 Å². The molecule has 1 heterocycles. The number of esters is 1. The van der Waals surface area contributed by atoms with E-state index in [-0.39, 0.29) is 11.3 Å². The molecule has 2 N–H and O–H groups in total. The van der Waals surface area contributed by atoms with Crippen molar-refractivity contribution >= 4 is 17.6 Å². The number of rotatable bonds is 1. The summed E-state index contributed by atoms with van der Waals surface area (Å²) in [5.74, 6) is -1.56. The molecule has 0 aromatic heterocycles. The average Bonchev–Trinajstić information content (AvgIpc) is 2.58. The minimum absolute atomic E-state index is 0.0596.